The van der Waals surface area contributed by atoms with E-state index < -0.39 is 0 Å². The Bertz CT molecular complexity index is 199. The van der Waals surface area contributed by atoms with Gasteiger partial charge in [-0.25, -0.2) is 0 Å². The third kappa shape index (κ3) is 2.55. The largest absolute Gasteiger partial charge is 0.313 e. The Kier molecular flexibility index (Phi) is 3.39. The lowest BCUT2D eigenvalue weighted by atomic mass is 9.91. The van der Waals surface area contributed by atoms with E-state index in [0.29, 0.717) is 5.41 Å². The molecule has 1 unspecified atom stereocenters. The fraction of sp³-hybridized carbons (Fsp3) is 1.00. The standard InChI is InChI=1S/C14H27N/c1-11(2)14(8-9-14)10-15-12(3)13-6-4-5-7-13/h11-13,15H,4-10H2,1-3H3. The van der Waals surface area contributed by atoms with Crippen LogP contribution in [0.3, 0.4) is 0 Å². The topological polar surface area (TPSA) is 12.0 Å². The van der Waals surface area contributed by atoms with Gasteiger partial charge in [0.15, 0.2) is 0 Å². The van der Waals surface area contributed by atoms with E-state index >= 15 is 0 Å². The molecule has 88 valence electrons. The molecular weight excluding hydrogens is 182 g/mol. The predicted octanol–water partition coefficient (Wildman–Crippen LogP) is 3.59. The molecule has 0 radical (unpaired) electrons. The molecule has 0 aromatic heterocycles. The fourth-order valence-corrected chi connectivity index (χ4v) is 3.11. The smallest absolute Gasteiger partial charge is 0.00672 e. The van der Waals surface area contributed by atoms with Crippen LogP contribution >= 0.6 is 0 Å². The van der Waals surface area contributed by atoms with Crippen molar-refractivity contribution in [2.45, 2.75) is 65.3 Å². The van der Waals surface area contributed by atoms with Crippen molar-refractivity contribution in [1.29, 1.82) is 0 Å². The molecule has 1 N–H and O–H groups in total. The zero-order valence-corrected chi connectivity index (χ0v) is 10.7. The van der Waals surface area contributed by atoms with E-state index in [2.05, 4.69) is 26.1 Å². The lowest BCUT2D eigenvalue weighted by molar-refractivity contribution is 0.292. The summed E-state index contributed by atoms with van der Waals surface area (Å²) in [5.41, 5.74) is 0.673. The minimum atomic E-state index is 0.673. The van der Waals surface area contributed by atoms with Crippen LogP contribution in [-0.2, 0) is 0 Å². The first-order valence-corrected chi connectivity index (χ1v) is 6.87. The van der Waals surface area contributed by atoms with Crippen LogP contribution in [0.4, 0.5) is 0 Å². The highest BCUT2D eigenvalue weighted by atomic mass is 14.9. The van der Waals surface area contributed by atoms with Crippen LogP contribution in [-0.4, -0.2) is 12.6 Å². The normalized spacial score (nSPS) is 27.2. The van der Waals surface area contributed by atoms with Gasteiger partial charge in [-0.05, 0) is 49.9 Å². The van der Waals surface area contributed by atoms with E-state index in [1.807, 2.05) is 0 Å². The molecule has 2 fully saturated rings. The lowest BCUT2D eigenvalue weighted by Crippen LogP contribution is -2.37. The molecule has 0 spiro atoms. The molecule has 15 heavy (non-hydrogen) atoms. The van der Waals surface area contributed by atoms with Crippen LogP contribution in [0.5, 0.6) is 0 Å². The molecule has 2 aliphatic carbocycles. The summed E-state index contributed by atoms with van der Waals surface area (Å²) in [5.74, 6) is 1.83. The highest BCUT2D eigenvalue weighted by molar-refractivity contribution is 4.97. The van der Waals surface area contributed by atoms with Crippen molar-refractivity contribution >= 4 is 0 Å². The molecule has 0 aliphatic heterocycles. The average Bonchev–Trinajstić information content (AvgIpc) is 2.80. The molecule has 0 aromatic carbocycles. The Morgan fingerprint density at radius 2 is 1.73 bits per heavy atom. The van der Waals surface area contributed by atoms with Crippen LogP contribution in [0, 0.1) is 17.3 Å². The van der Waals surface area contributed by atoms with Crippen molar-refractivity contribution in [3.8, 4) is 0 Å². The summed E-state index contributed by atoms with van der Waals surface area (Å²) in [6.45, 7) is 8.43. The van der Waals surface area contributed by atoms with E-state index in [-0.39, 0.29) is 0 Å². The second-order valence-corrected chi connectivity index (χ2v) is 6.23. The molecule has 0 heterocycles. The zero-order valence-electron chi connectivity index (χ0n) is 10.7. The van der Waals surface area contributed by atoms with Crippen molar-refractivity contribution in [2.24, 2.45) is 17.3 Å². The van der Waals surface area contributed by atoms with Crippen LogP contribution < -0.4 is 5.32 Å². The maximum atomic E-state index is 3.81. The lowest BCUT2D eigenvalue weighted by Gasteiger charge is -2.26. The van der Waals surface area contributed by atoms with E-state index in [1.54, 1.807) is 0 Å². The van der Waals surface area contributed by atoms with E-state index in [4.69, 9.17) is 0 Å². The summed E-state index contributed by atoms with van der Waals surface area (Å²) in [6.07, 6.45) is 8.76. The first-order valence-electron chi connectivity index (χ1n) is 6.87. The Balaban J connectivity index is 1.73. The quantitative estimate of drug-likeness (QED) is 0.729. The molecule has 2 saturated carbocycles. The molecule has 0 amide bonds. The maximum absolute atomic E-state index is 3.81. The van der Waals surface area contributed by atoms with E-state index in [9.17, 15) is 0 Å². The van der Waals surface area contributed by atoms with Crippen molar-refractivity contribution in [2.75, 3.05) is 6.54 Å². The predicted molar refractivity (Wildman–Crippen MR) is 65.9 cm³/mol. The average molecular weight is 209 g/mol. The van der Waals surface area contributed by atoms with Gasteiger partial charge in [-0.2, -0.15) is 0 Å². The molecule has 0 bridgehead atoms. The SMILES string of the molecule is CC(NCC1(C(C)C)CC1)C1CCCC1. The molecule has 1 atom stereocenters. The molecular formula is C14H27N. The van der Waals surface area contributed by atoms with Gasteiger partial charge >= 0.3 is 0 Å². The van der Waals surface area contributed by atoms with Crippen LogP contribution in [0.25, 0.3) is 0 Å². The molecule has 1 nitrogen and oxygen atoms in total. The van der Waals surface area contributed by atoms with Crippen LogP contribution in [0.1, 0.15) is 59.3 Å². The van der Waals surface area contributed by atoms with Gasteiger partial charge in [-0.3, -0.25) is 0 Å². The summed E-state index contributed by atoms with van der Waals surface area (Å²) in [5, 5.41) is 3.81. The van der Waals surface area contributed by atoms with E-state index in [0.717, 1.165) is 17.9 Å². The zero-order chi connectivity index (χ0) is 10.9. The maximum Gasteiger partial charge on any atom is 0.00672 e. The van der Waals surface area contributed by atoms with Crippen molar-refractivity contribution in [3.63, 3.8) is 0 Å². The van der Waals surface area contributed by atoms with Gasteiger partial charge in [0.1, 0.15) is 0 Å². The summed E-state index contributed by atoms with van der Waals surface area (Å²) in [7, 11) is 0. The van der Waals surface area contributed by atoms with Gasteiger partial charge in [0.2, 0.25) is 0 Å². The minimum absolute atomic E-state index is 0.673. The Hall–Kier alpha value is -0.0400. The molecule has 0 saturated heterocycles. The van der Waals surface area contributed by atoms with Gasteiger partial charge in [-0.15, -0.1) is 0 Å². The van der Waals surface area contributed by atoms with Crippen LogP contribution in [0.15, 0.2) is 0 Å². The van der Waals surface area contributed by atoms with Crippen molar-refractivity contribution in [1.82, 2.24) is 5.32 Å². The first-order chi connectivity index (χ1) is 7.14. The van der Waals surface area contributed by atoms with Gasteiger partial charge in [-0.1, -0.05) is 26.7 Å². The molecule has 2 rings (SSSR count). The van der Waals surface area contributed by atoms with Gasteiger partial charge in [0.25, 0.3) is 0 Å². The highest BCUT2D eigenvalue weighted by Crippen LogP contribution is 2.51. The van der Waals surface area contributed by atoms with Gasteiger partial charge in [0.05, 0.1) is 0 Å². The third-order valence-corrected chi connectivity index (χ3v) is 5.00. The number of hydrogen-bond donors (Lipinski definition) is 1. The molecule has 0 aromatic rings. The minimum Gasteiger partial charge on any atom is -0.313 e. The highest BCUT2D eigenvalue weighted by Gasteiger charge is 2.45. The van der Waals surface area contributed by atoms with Gasteiger partial charge < -0.3 is 5.32 Å². The summed E-state index contributed by atoms with van der Waals surface area (Å²) >= 11 is 0. The number of hydrogen-bond acceptors (Lipinski definition) is 1. The first kappa shape index (κ1) is 11.4. The number of rotatable bonds is 5. The monoisotopic (exact) mass is 209 g/mol. The van der Waals surface area contributed by atoms with Crippen molar-refractivity contribution in [3.05, 3.63) is 0 Å². The second-order valence-electron chi connectivity index (χ2n) is 6.23. The summed E-state index contributed by atoms with van der Waals surface area (Å²) in [6, 6.07) is 0.753. The third-order valence-electron chi connectivity index (χ3n) is 5.00. The summed E-state index contributed by atoms with van der Waals surface area (Å²) < 4.78 is 0. The van der Waals surface area contributed by atoms with Crippen molar-refractivity contribution < 1.29 is 0 Å². The number of nitrogens with one attached hydrogen (secondary N) is 1. The Labute approximate surface area is 95.0 Å². The Morgan fingerprint density at radius 1 is 1.13 bits per heavy atom. The second kappa shape index (κ2) is 4.45. The summed E-state index contributed by atoms with van der Waals surface area (Å²) in [4.78, 5) is 0. The fourth-order valence-electron chi connectivity index (χ4n) is 3.11. The van der Waals surface area contributed by atoms with E-state index in [1.165, 1.54) is 45.1 Å². The molecule has 2 aliphatic rings. The van der Waals surface area contributed by atoms with Gasteiger partial charge in [0, 0.05) is 12.6 Å². The molecule has 1 heteroatoms. The Morgan fingerprint density at radius 3 is 2.20 bits per heavy atom. The van der Waals surface area contributed by atoms with Crippen LogP contribution in [0.2, 0.25) is 0 Å².